The van der Waals surface area contributed by atoms with E-state index in [2.05, 4.69) is 0 Å². The van der Waals surface area contributed by atoms with Gasteiger partial charge in [-0.1, -0.05) is 66.7 Å². The molecule has 29 heavy (non-hydrogen) atoms. The van der Waals surface area contributed by atoms with Crippen molar-refractivity contribution in [3.8, 4) is 0 Å². The van der Waals surface area contributed by atoms with Gasteiger partial charge in [-0.2, -0.15) is 0 Å². The van der Waals surface area contributed by atoms with Crippen LogP contribution in [0.3, 0.4) is 0 Å². The molecule has 0 spiro atoms. The summed E-state index contributed by atoms with van der Waals surface area (Å²) in [5.41, 5.74) is 9.19. The van der Waals surface area contributed by atoms with Gasteiger partial charge in [-0.25, -0.2) is 0 Å². The third-order valence-corrected chi connectivity index (χ3v) is 5.07. The second kappa shape index (κ2) is 8.02. The number of hydrogen-bond acceptors (Lipinski definition) is 4. The average molecular weight is 383 g/mol. The largest absolute Gasteiger partial charge is 0.470 e. The highest BCUT2D eigenvalue weighted by molar-refractivity contribution is 5.99. The van der Waals surface area contributed by atoms with E-state index < -0.39 is 0 Å². The molecule has 0 radical (unpaired) electrons. The highest BCUT2D eigenvalue weighted by Crippen LogP contribution is 2.41. The van der Waals surface area contributed by atoms with Gasteiger partial charge < -0.3 is 15.4 Å². The van der Waals surface area contributed by atoms with Crippen molar-refractivity contribution >= 4 is 11.6 Å². The van der Waals surface area contributed by atoms with Gasteiger partial charge in [0.25, 0.3) is 0 Å². The fourth-order valence-corrected chi connectivity index (χ4v) is 3.72. The van der Waals surface area contributed by atoms with Gasteiger partial charge >= 0.3 is 0 Å². The highest BCUT2D eigenvalue weighted by atomic mass is 16.5. The Morgan fingerprint density at radius 3 is 2.38 bits per heavy atom. The van der Waals surface area contributed by atoms with E-state index in [9.17, 15) is 4.79 Å². The Morgan fingerprint density at radius 1 is 1.03 bits per heavy atom. The van der Waals surface area contributed by atoms with Crippen molar-refractivity contribution in [2.45, 2.75) is 12.0 Å². The second-order valence-corrected chi connectivity index (χ2v) is 6.86. The summed E-state index contributed by atoms with van der Waals surface area (Å²) in [6, 6.07) is 17.1. The van der Waals surface area contributed by atoms with Crippen LogP contribution in [-0.4, -0.2) is 16.5 Å². The molecular formula is C24H21N3O2. The Labute approximate surface area is 169 Å². The summed E-state index contributed by atoms with van der Waals surface area (Å²) in [5.74, 6) is -0.292. The fraction of sp³-hybridized carbons (Fsp3) is 0.0833. The van der Waals surface area contributed by atoms with Crippen molar-refractivity contribution < 1.29 is 9.53 Å². The maximum absolute atomic E-state index is 12.9. The van der Waals surface area contributed by atoms with E-state index >= 15 is 0 Å². The summed E-state index contributed by atoms with van der Waals surface area (Å²) >= 11 is 0. The van der Waals surface area contributed by atoms with Gasteiger partial charge in [-0.05, 0) is 22.8 Å². The summed E-state index contributed by atoms with van der Waals surface area (Å²) < 4.78 is 5.21. The van der Waals surface area contributed by atoms with Crippen LogP contribution in [0, 0.1) is 5.41 Å². The van der Waals surface area contributed by atoms with Crippen molar-refractivity contribution in [3.05, 3.63) is 120 Å². The van der Waals surface area contributed by atoms with Crippen molar-refractivity contribution in [3.63, 3.8) is 0 Å². The first-order valence-corrected chi connectivity index (χ1v) is 9.32. The number of rotatable bonds is 5. The molecule has 0 saturated carbocycles. The molecule has 2 aliphatic rings. The number of nitrogens with zero attached hydrogens (tertiary/aromatic N) is 1. The first-order valence-electron chi connectivity index (χ1n) is 9.32. The van der Waals surface area contributed by atoms with Gasteiger partial charge in [0.05, 0.1) is 12.0 Å². The molecule has 0 bridgehead atoms. The van der Waals surface area contributed by atoms with E-state index in [1.165, 1.54) is 0 Å². The van der Waals surface area contributed by atoms with Crippen molar-refractivity contribution in [1.29, 1.82) is 5.41 Å². The molecule has 2 atom stereocenters. The third kappa shape index (κ3) is 3.75. The number of carbonyl (C=O) groups excluding carboxylic acids is 1. The van der Waals surface area contributed by atoms with E-state index in [-0.39, 0.29) is 23.6 Å². The molecule has 5 heteroatoms. The maximum Gasteiger partial charge on any atom is 0.167 e. The van der Waals surface area contributed by atoms with Crippen LogP contribution < -0.4 is 5.73 Å². The summed E-state index contributed by atoms with van der Waals surface area (Å²) in [6.07, 6.45) is 12.3. The predicted molar refractivity (Wildman–Crippen MR) is 113 cm³/mol. The number of allylic oxidation sites excluding steroid dienone is 3. The summed E-state index contributed by atoms with van der Waals surface area (Å²) in [7, 11) is 0. The lowest BCUT2D eigenvalue weighted by atomic mass is 9.78. The third-order valence-electron chi connectivity index (χ3n) is 5.07. The van der Waals surface area contributed by atoms with Crippen LogP contribution in [0.15, 0.2) is 103 Å². The molecule has 4 rings (SSSR count). The van der Waals surface area contributed by atoms with Crippen molar-refractivity contribution in [2.24, 2.45) is 5.73 Å². The first-order chi connectivity index (χ1) is 14.1. The maximum atomic E-state index is 12.9. The number of ketones is 1. The summed E-state index contributed by atoms with van der Waals surface area (Å²) in [4.78, 5) is 14.9. The molecule has 1 aliphatic heterocycles. The van der Waals surface area contributed by atoms with E-state index in [4.69, 9.17) is 15.9 Å². The lowest BCUT2D eigenvalue weighted by Gasteiger charge is -2.35. The minimum Gasteiger partial charge on any atom is -0.470 e. The quantitative estimate of drug-likeness (QED) is 0.601. The second-order valence-electron chi connectivity index (χ2n) is 6.86. The number of nitrogens with one attached hydrogen (secondary N) is 1. The monoisotopic (exact) mass is 383 g/mol. The molecule has 0 fully saturated rings. The van der Waals surface area contributed by atoms with Crippen LogP contribution in [0.4, 0.5) is 0 Å². The molecule has 0 amide bonds. The minimum absolute atomic E-state index is 0.0245. The van der Waals surface area contributed by atoms with E-state index in [0.29, 0.717) is 5.56 Å². The van der Waals surface area contributed by atoms with Crippen LogP contribution >= 0.6 is 0 Å². The average Bonchev–Trinajstić information content (AvgIpc) is 2.76. The Kier molecular flexibility index (Phi) is 5.12. The van der Waals surface area contributed by atoms with Crippen molar-refractivity contribution in [1.82, 2.24) is 4.90 Å². The molecule has 3 N–H and O–H groups in total. The minimum atomic E-state index is -0.372. The molecule has 2 aromatic rings. The highest BCUT2D eigenvalue weighted by Gasteiger charge is 2.33. The first kappa shape index (κ1) is 18.5. The predicted octanol–water partition coefficient (Wildman–Crippen LogP) is 4.14. The lowest BCUT2D eigenvalue weighted by molar-refractivity contribution is -0.115. The molecule has 5 nitrogen and oxygen atoms in total. The topological polar surface area (TPSA) is 79.4 Å². The molecule has 0 saturated heterocycles. The molecule has 144 valence electrons. The van der Waals surface area contributed by atoms with E-state index in [1.807, 2.05) is 84.0 Å². The van der Waals surface area contributed by atoms with Gasteiger partial charge in [0.15, 0.2) is 5.78 Å². The zero-order chi connectivity index (χ0) is 20.2. The summed E-state index contributed by atoms with van der Waals surface area (Å²) in [6.45, 7) is 0. The number of benzene rings is 2. The van der Waals surface area contributed by atoms with Crippen molar-refractivity contribution in [2.75, 3.05) is 0 Å². The number of hydrogen-bond donors (Lipinski definition) is 2. The number of ether oxygens (including phenoxy) is 1. The van der Waals surface area contributed by atoms with Gasteiger partial charge in [0, 0.05) is 18.0 Å². The molecule has 1 aliphatic carbocycles. The number of nitrogens with two attached hydrogens (primary N) is 1. The summed E-state index contributed by atoms with van der Waals surface area (Å²) in [5, 5.41) is 7.64. The van der Waals surface area contributed by atoms with Gasteiger partial charge in [-0.3, -0.25) is 10.2 Å². The van der Waals surface area contributed by atoms with Gasteiger partial charge in [0.2, 0.25) is 0 Å². The molecule has 1 heterocycles. The zero-order valence-electron chi connectivity index (χ0n) is 15.7. The molecule has 0 aromatic heterocycles. The number of amidine groups is 1. The van der Waals surface area contributed by atoms with Crippen LogP contribution in [0.25, 0.3) is 0 Å². The Hall–Kier alpha value is -3.86. The van der Waals surface area contributed by atoms with Crippen LogP contribution in [0.5, 0.6) is 0 Å². The SMILES string of the molecule is N=C(N)c1ccc(C(C2=CC=CC(=O)C2c2ccccc2)N2C=COC=C2)cc1. The van der Waals surface area contributed by atoms with Crippen LogP contribution in [-0.2, 0) is 9.53 Å². The van der Waals surface area contributed by atoms with E-state index in [0.717, 1.165) is 16.7 Å². The lowest BCUT2D eigenvalue weighted by Crippen LogP contribution is -2.28. The zero-order valence-corrected chi connectivity index (χ0v) is 15.7. The number of carbonyl (C=O) groups is 1. The van der Waals surface area contributed by atoms with Crippen LogP contribution in [0.2, 0.25) is 0 Å². The fourth-order valence-electron chi connectivity index (χ4n) is 3.72. The standard InChI is InChI=1S/C24H21N3O2/c25-24(26)19-11-9-18(10-12-19)23(27-13-15-29-16-14-27)20-7-4-8-21(28)22(20)17-5-2-1-3-6-17/h1-16,22-23H,(H3,25,26). The molecular weight excluding hydrogens is 362 g/mol. The Morgan fingerprint density at radius 2 is 1.72 bits per heavy atom. The van der Waals surface area contributed by atoms with Gasteiger partial charge in [0.1, 0.15) is 18.4 Å². The van der Waals surface area contributed by atoms with Crippen LogP contribution in [0.1, 0.15) is 28.7 Å². The number of nitrogen functional groups attached to an aromatic ring is 1. The normalized spacial score (nSPS) is 18.9. The smallest absolute Gasteiger partial charge is 0.167 e. The van der Waals surface area contributed by atoms with E-state index in [1.54, 1.807) is 18.6 Å². The molecule has 2 aromatic carbocycles. The Bertz CT molecular complexity index is 1020. The Balaban J connectivity index is 1.82. The molecule has 2 unspecified atom stereocenters. The van der Waals surface area contributed by atoms with Gasteiger partial charge in [-0.15, -0.1) is 0 Å².